The van der Waals surface area contributed by atoms with Crippen LogP contribution in [0.1, 0.15) is 48.8 Å². The Morgan fingerprint density at radius 3 is 2.61 bits per heavy atom. The molecular weight excluding hydrogens is 393 g/mol. The molecule has 1 aliphatic rings. The first kappa shape index (κ1) is 21.3. The van der Waals surface area contributed by atoms with Gasteiger partial charge >= 0.3 is 5.97 Å². The second-order valence-corrected chi connectivity index (χ2v) is 9.15. The fourth-order valence-electron chi connectivity index (χ4n) is 4.28. The molecule has 5 heteroatoms. The van der Waals surface area contributed by atoms with Gasteiger partial charge in [-0.2, -0.15) is 0 Å². The predicted octanol–water partition coefficient (Wildman–Crippen LogP) is 5.76. The number of benzene rings is 2. The van der Waals surface area contributed by atoms with Crippen molar-refractivity contribution in [2.75, 3.05) is 13.2 Å². The number of pyridine rings is 1. The molecule has 0 spiro atoms. The van der Waals surface area contributed by atoms with Crippen LogP contribution < -0.4 is 4.74 Å². The molecule has 0 saturated heterocycles. The minimum Gasteiger partial charge on any atom is -0.487 e. The highest BCUT2D eigenvalue weighted by Crippen LogP contribution is 2.39. The molecule has 0 N–H and O–H groups in total. The standard InChI is InChI=1S/C26H28FNO3/c1-26(2,3)17-12-13-22-19(16-17)24(18-8-4-6-10-21(18)28-22)25(29)31-15-14-30-23-11-7-5-9-20(23)27/h4-11,17H,12-16H2,1-3H3. The molecule has 4 rings (SSSR count). The monoisotopic (exact) mass is 421 g/mol. The van der Waals surface area contributed by atoms with Gasteiger partial charge in [0, 0.05) is 11.1 Å². The number of esters is 1. The summed E-state index contributed by atoms with van der Waals surface area (Å²) in [5, 5.41) is 0.816. The lowest BCUT2D eigenvalue weighted by Crippen LogP contribution is -2.29. The first-order valence-electron chi connectivity index (χ1n) is 10.8. The van der Waals surface area contributed by atoms with Crippen molar-refractivity contribution in [2.24, 2.45) is 11.3 Å². The molecule has 4 nitrogen and oxygen atoms in total. The molecule has 1 aliphatic carbocycles. The van der Waals surface area contributed by atoms with E-state index in [1.165, 1.54) is 6.07 Å². The highest BCUT2D eigenvalue weighted by Gasteiger charge is 2.33. The van der Waals surface area contributed by atoms with Gasteiger partial charge in [-0.3, -0.25) is 4.98 Å². The summed E-state index contributed by atoms with van der Waals surface area (Å²) < 4.78 is 24.7. The molecule has 0 aliphatic heterocycles. The second kappa shape index (κ2) is 8.66. The Labute approximate surface area is 182 Å². The molecule has 0 bridgehead atoms. The SMILES string of the molecule is CC(C)(C)C1CCc2nc3ccccc3c(C(=O)OCCOc3ccccc3F)c2C1. The van der Waals surface area contributed by atoms with Gasteiger partial charge in [0.05, 0.1) is 11.1 Å². The van der Waals surface area contributed by atoms with E-state index >= 15 is 0 Å². The summed E-state index contributed by atoms with van der Waals surface area (Å²) in [5.41, 5.74) is 3.57. The maximum Gasteiger partial charge on any atom is 0.339 e. The number of fused-ring (bicyclic) bond motifs is 2. The largest absolute Gasteiger partial charge is 0.487 e. The van der Waals surface area contributed by atoms with Gasteiger partial charge in [-0.1, -0.05) is 51.1 Å². The van der Waals surface area contributed by atoms with Crippen molar-refractivity contribution < 1.29 is 18.7 Å². The molecule has 1 heterocycles. The average Bonchev–Trinajstić information content (AvgIpc) is 2.75. The highest BCUT2D eigenvalue weighted by molar-refractivity contribution is 6.05. The summed E-state index contributed by atoms with van der Waals surface area (Å²) in [6, 6.07) is 13.9. The van der Waals surface area contributed by atoms with Gasteiger partial charge in [0.15, 0.2) is 11.6 Å². The van der Waals surface area contributed by atoms with E-state index < -0.39 is 5.82 Å². The van der Waals surface area contributed by atoms with E-state index in [4.69, 9.17) is 14.5 Å². The molecule has 2 aromatic carbocycles. The number of halogens is 1. The van der Waals surface area contributed by atoms with Crippen molar-refractivity contribution in [1.82, 2.24) is 4.98 Å². The van der Waals surface area contributed by atoms with Crippen molar-refractivity contribution in [3.8, 4) is 5.75 Å². The van der Waals surface area contributed by atoms with Gasteiger partial charge in [-0.15, -0.1) is 0 Å². The zero-order valence-corrected chi connectivity index (χ0v) is 18.3. The van der Waals surface area contributed by atoms with Crippen molar-refractivity contribution in [1.29, 1.82) is 0 Å². The molecule has 0 amide bonds. The number of ether oxygens (including phenoxy) is 2. The van der Waals surface area contributed by atoms with Gasteiger partial charge in [-0.05, 0) is 54.4 Å². The van der Waals surface area contributed by atoms with Crippen molar-refractivity contribution >= 4 is 16.9 Å². The lowest BCUT2D eigenvalue weighted by Gasteiger charge is -2.35. The van der Waals surface area contributed by atoms with E-state index in [2.05, 4.69) is 20.8 Å². The Morgan fingerprint density at radius 2 is 1.84 bits per heavy atom. The summed E-state index contributed by atoms with van der Waals surface area (Å²) in [6.07, 6.45) is 2.73. The van der Waals surface area contributed by atoms with Crippen LogP contribution in [-0.4, -0.2) is 24.2 Å². The Morgan fingerprint density at radius 1 is 1.10 bits per heavy atom. The van der Waals surface area contributed by atoms with Crippen LogP contribution in [0.15, 0.2) is 48.5 Å². The Kier molecular flexibility index (Phi) is 5.94. The van der Waals surface area contributed by atoms with Gasteiger partial charge < -0.3 is 9.47 Å². The van der Waals surface area contributed by atoms with E-state index in [0.717, 1.165) is 41.4 Å². The van der Waals surface area contributed by atoms with Crippen LogP contribution in [0.2, 0.25) is 0 Å². The molecule has 162 valence electrons. The fourth-order valence-corrected chi connectivity index (χ4v) is 4.28. The maximum atomic E-state index is 13.7. The van der Waals surface area contributed by atoms with E-state index in [0.29, 0.717) is 11.5 Å². The minimum atomic E-state index is -0.434. The van der Waals surface area contributed by atoms with E-state index in [1.54, 1.807) is 18.2 Å². The van der Waals surface area contributed by atoms with E-state index in [9.17, 15) is 9.18 Å². The Bertz CT molecular complexity index is 1100. The van der Waals surface area contributed by atoms with Crippen LogP contribution in [0.5, 0.6) is 5.75 Å². The average molecular weight is 422 g/mol. The molecular formula is C26H28FNO3. The van der Waals surface area contributed by atoms with Crippen LogP contribution in [0, 0.1) is 17.2 Å². The molecule has 3 aromatic rings. The molecule has 1 unspecified atom stereocenters. The molecule has 0 fully saturated rings. The number of rotatable bonds is 5. The van der Waals surface area contributed by atoms with Crippen LogP contribution >= 0.6 is 0 Å². The van der Waals surface area contributed by atoms with Crippen LogP contribution in [0.4, 0.5) is 4.39 Å². The van der Waals surface area contributed by atoms with Gasteiger partial charge in [0.25, 0.3) is 0 Å². The van der Waals surface area contributed by atoms with Gasteiger partial charge in [0.2, 0.25) is 0 Å². The molecule has 0 radical (unpaired) electrons. The molecule has 31 heavy (non-hydrogen) atoms. The zero-order chi connectivity index (χ0) is 22.0. The summed E-state index contributed by atoms with van der Waals surface area (Å²) in [7, 11) is 0. The molecule has 0 saturated carbocycles. The van der Waals surface area contributed by atoms with Crippen molar-refractivity contribution in [3.05, 3.63) is 71.2 Å². The number of aromatic nitrogens is 1. The Hall–Kier alpha value is -2.95. The number of hydrogen-bond acceptors (Lipinski definition) is 4. The quantitative estimate of drug-likeness (QED) is 0.388. The number of carbonyl (C=O) groups excluding carboxylic acids is 1. The van der Waals surface area contributed by atoms with E-state index in [1.807, 2.05) is 24.3 Å². The Balaban J connectivity index is 1.57. The minimum absolute atomic E-state index is 0.0429. The number of carbonyl (C=O) groups is 1. The fraction of sp³-hybridized carbons (Fsp3) is 0.385. The third kappa shape index (κ3) is 4.55. The van der Waals surface area contributed by atoms with Crippen LogP contribution in [0.3, 0.4) is 0 Å². The summed E-state index contributed by atoms with van der Waals surface area (Å²) >= 11 is 0. The highest BCUT2D eigenvalue weighted by atomic mass is 19.1. The maximum absolute atomic E-state index is 13.7. The number of hydrogen-bond donors (Lipinski definition) is 0. The predicted molar refractivity (Wildman–Crippen MR) is 119 cm³/mol. The normalized spacial score (nSPS) is 16.1. The van der Waals surface area contributed by atoms with Crippen LogP contribution in [0.25, 0.3) is 10.9 Å². The van der Waals surface area contributed by atoms with E-state index in [-0.39, 0.29) is 30.3 Å². The first-order valence-corrected chi connectivity index (χ1v) is 10.8. The van der Waals surface area contributed by atoms with Gasteiger partial charge in [-0.25, -0.2) is 9.18 Å². The summed E-state index contributed by atoms with van der Waals surface area (Å²) in [5.74, 6) is -0.185. The van der Waals surface area contributed by atoms with Crippen LogP contribution in [-0.2, 0) is 17.6 Å². The lowest BCUT2D eigenvalue weighted by atomic mass is 9.70. The third-order valence-electron chi connectivity index (χ3n) is 6.10. The van der Waals surface area contributed by atoms with Gasteiger partial charge in [0.1, 0.15) is 13.2 Å². The number of aryl methyl sites for hydroxylation is 1. The lowest BCUT2D eigenvalue weighted by molar-refractivity contribution is 0.0448. The number of para-hydroxylation sites is 2. The summed E-state index contributed by atoms with van der Waals surface area (Å²) in [6.45, 7) is 6.86. The topological polar surface area (TPSA) is 48.4 Å². The third-order valence-corrected chi connectivity index (χ3v) is 6.10. The number of nitrogens with zero attached hydrogens (tertiary/aromatic N) is 1. The van der Waals surface area contributed by atoms with Crippen molar-refractivity contribution in [2.45, 2.75) is 40.0 Å². The second-order valence-electron chi connectivity index (χ2n) is 9.15. The smallest absolute Gasteiger partial charge is 0.339 e. The zero-order valence-electron chi connectivity index (χ0n) is 18.3. The first-order chi connectivity index (χ1) is 14.8. The summed E-state index contributed by atoms with van der Waals surface area (Å²) in [4.78, 5) is 18.0. The van der Waals surface area contributed by atoms with Crippen molar-refractivity contribution in [3.63, 3.8) is 0 Å². The molecule has 1 atom stereocenters. The molecule has 1 aromatic heterocycles.